The van der Waals surface area contributed by atoms with Crippen molar-refractivity contribution in [2.75, 3.05) is 5.32 Å². The van der Waals surface area contributed by atoms with Gasteiger partial charge in [0.05, 0.1) is 17.1 Å². The standard InChI is InChI=1S/C20H21N5O2/c1-13-18(20(27)25(24(13)2)15-9-4-3-5-10-15)21-19(26)17-12-14-8-6-7-11-16(14)22-23-17/h3-5,9-10,12H,6-8,11H2,1-2H3,(H,21,26). The zero-order chi connectivity index (χ0) is 19.0. The highest BCUT2D eigenvalue weighted by Gasteiger charge is 2.21. The van der Waals surface area contributed by atoms with Crippen LogP contribution in [-0.4, -0.2) is 25.5 Å². The molecule has 0 fully saturated rings. The summed E-state index contributed by atoms with van der Waals surface area (Å²) in [6, 6.07) is 11.1. The largest absolute Gasteiger partial charge is 0.314 e. The first kappa shape index (κ1) is 17.2. The van der Waals surface area contributed by atoms with Crippen LogP contribution in [0.1, 0.15) is 40.3 Å². The Morgan fingerprint density at radius 1 is 1.11 bits per heavy atom. The summed E-state index contributed by atoms with van der Waals surface area (Å²) in [5.74, 6) is -0.415. The van der Waals surface area contributed by atoms with Crippen LogP contribution in [0.3, 0.4) is 0 Å². The van der Waals surface area contributed by atoms with E-state index >= 15 is 0 Å². The summed E-state index contributed by atoms with van der Waals surface area (Å²) in [5.41, 5.74) is 3.68. The SMILES string of the molecule is Cc1c(NC(=O)c2cc3c(nn2)CCCC3)c(=O)n(-c2ccccc2)n1C. The molecule has 0 unspecified atom stereocenters. The topological polar surface area (TPSA) is 81.8 Å². The van der Waals surface area contributed by atoms with E-state index in [-0.39, 0.29) is 16.9 Å². The van der Waals surface area contributed by atoms with Gasteiger partial charge in [0.25, 0.3) is 11.5 Å². The van der Waals surface area contributed by atoms with Crippen molar-refractivity contribution < 1.29 is 4.79 Å². The summed E-state index contributed by atoms with van der Waals surface area (Å²) < 4.78 is 3.26. The van der Waals surface area contributed by atoms with E-state index in [1.165, 1.54) is 4.68 Å². The van der Waals surface area contributed by atoms with Gasteiger partial charge in [-0.3, -0.25) is 14.3 Å². The number of para-hydroxylation sites is 1. The van der Waals surface area contributed by atoms with Crippen LogP contribution in [0.2, 0.25) is 0 Å². The van der Waals surface area contributed by atoms with Gasteiger partial charge in [0.2, 0.25) is 0 Å². The van der Waals surface area contributed by atoms with Gasteiger partial charge in [-0.1, -0.05) is 18.2 Å². The summed E-state index contributed by atoms with van der Waals surface area (Å²) in [4.78, 5) is 25.6. The molecule has 2 heterocycles. The van der Waals surface area contributed by atoms with Crippen LogP contribution in [-0.2, 0) is 19.9 Å². The Hall–Kier alpha value is -3.22. The lowest BCUT2D eigenvalue weighted by atomic mass is 9.96. The number of nitrogens with one attached hydrogen (secondary N) is 1. The normalized spacial score (nSPS) is 13.3. The first-order valence-corrected chi connectivity index (χ1v) is 9.07. The van der Waals surface area contributed by atoms with Gasteiger partial charge in [-0.2, -0.15) is 5.10 Å². The molecule has 7 heteroatoms. The molecule has 1 aliphatic carbocycles. The summed E-state index contributed by atoms with van der Waals surface area (Å²) in [7, 11) is 1.79. The van der Waals surface area contributed by atoms with E-state index in [1.54, 1.807) is 24.7 Å². The first-order valence-electron chi connectivity index (χ1n) is 9.07. The van der Waals surface area contributed by atoms with Crippen molar-refractivity contribution in [3.63, 3.8) is 0 Å². The van der Waals surface area contributed by atoms with Crippen LogP contribution in [0.15, 0.2) is 41.2 Å². The average Bonchev–Trinajstić information content (AvgIpc) is 2.91. The van der Waals surface area contributed by atoms with Crippen molar-refractivity contribution in [2.24, 2.45) is 7.05 Å². The molecule has 3 aromatic rings. The van der Waals surface area contributed by atoms with Crippen molar-refractivity contribution >= 4 is 11.6 Å². The smallest absolute Gasteiger partial charge is 0.295 e. The highest BCUT2D eigenvalue weighted by molar-refractivity contribution is 6.03. The van der Waals surface area contributed by atoms with Gasteiger partial charge in [0.15, 0.2) is 5.69 Å². The molecule has 0 radical (unpaired) electrons. The summed E-state index contributed by atoms with van der Waals surface area (Å²) in [6.45, 7) is 1.80. The Morgan fingerprint density at radius 2 is 1.85 bits per heavy atom. The fourth-order valence-corrected chi connectivity index (χ4v) is 3.49. The number of aryl methyl sites for hydroxylation is 2. The molecule has 1 amide bonds. The van der Waals surface area contributed by atoms with E-state index in [4.69, 9.17) is 0 Å². The number of carbonyl (C=O) groups is 1. The van der Waals surface area contributed by atoms with Crippen LogP contribution in [0.25, 0.3) is 5.69 Å². The van der Waals surface area contributed by atoms with E-state index in [1.807, 2.05) is 30.3 Å². The van der Waals surface area contributed by atoms with Gasteiger partial charge < -0.3 is 5.32 Å². The minimum atomic E-state index is -0.415. The number of hydrogen-bond donors (Lipinski definition) is 1. The zero-order valence-electron chi connectivity index (χ0n) is 15.4. The molecule has 7 nitrogen and oxygen atoms in total. The van der Waals surface area contributed by atoms with E-state index in [0.29, 0.717) is 5.69 Å². The molecule has 1 aromatic carbocycles. The molecule has 4 rings (SSSR count). The molecule has 0 bridgehead atoms. The van der Waals surface area contributed by atoms with Gasteiger partial charge in [-0.05, 0) is 56.4 Å². The highest BCUT2D eigenvalue weighted by atomic mass is 16.2. The van der Waals surface area contributed by atoms with Gasteiger partial charge in [-0.25, -0.2) is 4.68 Å². The molecular formula is C20H21N5O2. The molecule has 0 saturated carbocycles. The van der Waals surface area contributed by atoms with Crippen LogP contribution >= 0.6 is 0 Å². The maximum absolute atomic E-state index is 12.9. The number of rotatable bonds is 3. The molecule has 1 aliphatic rings. The lowest BCUT2D eigenvalue weighted by Gasteiger charge is -2.14. The molecule has 0 spiro atoms. The second-order valence-corrected chi connectivity index (χ2v) is 6.80. The predicted molar refractivity (Wildman–Crippen MR) is 102 cm³/mol. The summed E-state index contributed by atoms with van der Waals surface area (Å²) in [6.07, 6.45) is 4.02. The average molecular weight is 363 g/mol. The maximum atomic E-state index is 12.9. The number of nitrogens with zero attached hydrogens (tertiary/aromatic N) is 4. The molecule has 0 aliphatic heterocycles. The summed E-state index contributed by atoms with van der Waals surface area (Å²) in [5, 5.41) is 11.0. The Bertz CT molecular complexity index is 1070. The number of anilines is 1. The third-order valence-corrected chi connectivity index (χ3v) is 5.10. The number of benzene rings is 1. The first-order chi connectivity index (χ1) is 13.1. The van der Waals surface area contributed by atoms with Crippen LogP contribution in [0, 0.1) is 6.92 Å². The summed E-state index contributed by atoms with van der Waals surface area (Å²) >= 11 is 0. The minimum Gasteiger partial charge on any atom is -0.314 e. The number of hydrogen-bond acceptors (Lipinski definition) is 4. The third-order valence-electron chi connectivity index (χ3n) is 5.10. The van der Waals surface area contributed by atoms with Gasteiger partial charge in [0.1, 0.15) is 5.69 Å². The predicted octanol–water partition coefficient (Wildman–Crippen LogP) is 2.41. The van der Waals surface area contributed by atoms with Gasteiger partial charge in [0, 0.05) is 7.05 Å². The lowest BCUT2D eigenvalue weighted by Crippen LogP contribution is -2.24. The Balaban J connectivity index is 1.67. The number of aromatic nitrogens is 4. The molecule has 1 N–H and O–H groups in total. The van der Waals surface area contributed by atoms with Crippen molar-refractivity contribution in [1.29, 1.82) is 0 Å². The second-order valence-electron chi connectivity index (χ2n) is 6.80. The van der Waals surface area contributed by atoms with Crippen molar-refractivity contribution in [2.45, 2.75) is 32.6 Å². The van der Waals surface area contributed by atoms with E-state index in [9.17, 15) is 9.59 Å². The van der Waals surface area contributed by atoms with Crippen LogP contribution < -0.4 is 10.9 Å². The minimum absolute atomic E-state index is 0.240. The van der Waals surface area contributed by atoms with Crippen molar-refractivity contribution in [3.8, 4) is 5.69 Å². The highest BCUT2D eigenvalue weighted by Crippen LogP contribution is 2.20. The monoisotopic (exact) mass is 363 g/mol. The van der Waals surface area contributed by atoms with E-state index in [0.717, 1.165) is 42.6 Å². The van der Waals surface area contributed by atoms with Gasteiger partial charge in [-0.15, -0.1) is 5.10 Å². The number of fused-ring (bicyclic) bond motifs is 1. The molecular weight excluding hydrogens is 342 g/mol. The molecule has 2 aromatic heterocycles. The lowest BCUT2D eigenvalue weighted by molar-refractivity contribution is 0.102. The Kier molecular flexibility index (Phi) is 4.35. The van der Waals surface area contributed by atoms with Crippen LogP contribution in [0.4, 0.5) is 5.69 Å². The quantitative estimate of drug-likeness (QED) is 0.775. The number of amides is 1. The molecule has 138 valence electrons. The Morgan fingerprint density at radius 3 is 2.63 bits per heavy atom. The fraction of sp³-hybridized carbons (Fsp3) is 0.300. The maximum Gasteiger partial charge on any atom is 0.295 e. The zero-order valence-corrected chi connectivity index (χ0v) is 15.4. The molecule has 0 saturated heterocycles. The molecule has 27 heavy (non-hydrogen) atoms. The van der Waals surface area contributed by atoms with Crippen molar-refractivity contribution in [1.82, 2.24) is 19.6 Å². The Labute approximate surface area is 156 Å². The fourth-order valence-electron chi connectivity index (χ4n) is 3.49. The van der Waals surface area contributed by atoms with Crippen molar-refractivity contribution in [3.05, 3.63) is 69.4 Å². The van der Waals surface area contributed by atoms with Gasteiger partial charge >= 0.3 is 0 Å². The molecule has 0 atom stereocenters. The van der Waals surface area contributed by atoms with E-state index in [2.05, 4.69) is 15.5 Å². The van der Waals surface area contributed by atoms with E-state index < -0.39 is 5.91 Å². The third kappa shape index (κ3) is 3.05. The van der Waals surface area contributed by atoms with Crippen LogP contribution in [0.5, 0.6) is 0 Å². The second kappa shape index (κ2) is 6.83. The number of carbonyl (C=O) groups excluding carboxylic acids is 1.